The minimum atomic E-state index is -0.483. The number of fused-ring (bicyclic) bond motifs is 1. The average Bonchev–Trinajstić information content (AvgIpc) is 3.17. The van der Waals surface area contributed by atoms with Crippen LogP contribution in [0.1, 0.15) is 37.0 Å². The van der Waals surface area contributed by atoms with Crippen molar-refractivity contribution in [2.24, 2.45) is 11.1 Å². The van der Waals surface area contributed by atoms with Crippen LogP contribution in [-0.2, 0) is 4.79 Å². The summed E-state index contributed by atoms with van der Waals surface area (Å²) >= 11 is 0. The predicted octanol–water partition coefficient (Wildman–Crippen LogP) is 1.46. The molecule has 1 aromatic carbocycles. The molecule has 0 saturated carbocycles. The Morgan fingerprint density at radius 3 is 2.27 bits per heavy atom. The molecule has 1 saturated heterocycles. The van der Waals surface area contributed by atoms with Gasteiger partial charge in [-0.2, -0.15) is 0 Å². The predicted molar refractivity (Wildman–Crippen MR) is 97.1 cm³/mol. The molecule has 0 radical (unpaired) electrons. The second-order valence-electron chi connectivity index (χ2n) is 6.84. The Balaban J connectivity index is 1.63. The molecule has 2 amide bonds. The largest absolute Gasteiger partial charge is 0.454 e. The number of hydrogen-bond acceptors (Lipinski definition) is 5. The van der Waals surface area contributed by atoms with Crippen LogP contribution in [0.3, 0.4) is 0 Å². The van der Waals surface area contributed by atoms with Gasteiger partial charge >= 0.3 is 0 Å². The summed E-state index contributed by atoms with van der Waals surface area (Å²) in [5.74, 6) is 1.32. The average molecular weight is 361 g/mol. The normalized spacial score (nSPS) is 16.7. The van der Waals surface area contributed by atoms with Gasteiger partial charge in [0.05, 0.1) is 5.41 Å². The number of rotatable bonds is 5. The van der Waals surface area contributed by atoms with Gasteiger partial charge in [-0.25, -0.2) is 0 Å². The summed E-state index contributed by atoms with van der Waals surface area (Å²) in [6.45, 7) is 6.68. The van der Waals surface area contributed by atoms with E-state index in [2.05, 4.69) is 0 Å². The molecule has 0 aromatic heterocycles. The van der Waals surface area contributed by atoms with E-state index in [0.717, 1.165) is 12.8 Å². The monoisotopic (exact) mass is 361 g/mol. The molecule has 2 aliphatic heterocycles. The van der Waals surface area contributed by atoms with Crippen LogP contribution in [0.15, 0.2) is 18.2 Å². The Bertz CT molecular complexity index is 671. The zero-order valence-corrected chi connectivity index (χ0v) is 15.5. The SMILES string of the molecule is CCC(CC)(CN)C(=O)N1CCN(C(=O)c2ccc3c(c2)OCO3)CC1. The minimum Gasteiger partial charge on any atom is -0.454 e. The Labute approximate surface area is 154 Å². The van der Waals surface area contributed by atoms with Crippen LogP contribution in [0.4, 0.5) is 0 Å². The second-order valence-corrected chi connectivity index (χ2v) is 6.84. The lowest BCUT2D eigenvalue weighted by atomic mass is 9.81. The standard InChI is InChI=1S/C19H27N3O4/c1-3-19(4-2,12-20)18(24)22-9-7-21(8-10-22)17(23)14-5-6-15-16(11-14)26-13-25-15/h5-6,11H,3-4,7-10,12-13,20H2,1-2H3. The highest BCUT2D eigenvalue weighted by Crippen LogP contribution is 2.33. The van der Waals surface area contributed by atoms with E-state index in [0.29, 0.717) is 49.8 Å². The van der Waals surface area contributed by atoms with Crippen LogP contribution in [0.2, 0.25) is 0 Å². The zero-order chi connectivity index (χ0) is 18.7. The molecule has 0 spiro atoms. The van der Waals surface area contributed by atoms with E-state index < -0.39 is 5.41 Å². The number of benzene rings is 1. The molecule has 7 heteroatoms. The van der Waals surface area contributed by atoms with Crippen LogP contribution in [-0.4, -0.2) is 61.1 Å². The van der Waals surface area contributed by atoms with Crippen molar-refractivity contribution >= 4 is 11.8 Å². The van der Waals surface area contributed by atoms with Gasteiger partial charge in [0.1, 0.15) is 0 Å². The molecule has 1 aromatic rings. The van der Waals surface area contributed by atoms with E-state index in [1.165, 1.54) is 0 Å². The van der Waals surface area contributed by atoms with Crippen LogP contribution in [0.25, 0.3) is 0 Å². The van der Waals surface area contributed by atoms with Crippen LogP contribution in [0.5, 0.6) is 11.5 Å². The first-order valence-corrected chi connectivity index (χ1v) is 9.23. The minimum absolute atomic E-state index is 0.0496. The van der Waals surface area contributed by atoms with Gasteiger partial charge in [-0.1, -0.05) is 13.8 Å². The number of nitrogens with two attached hydrogens (primary N) is 1. The molecule has 0 unspecified atom stereocenters. The Hall–Kier alpha value is -2.28. The Kier molecular flexibility index (Phi) is 5.36. The summed E-state index contributed by atoms with van der Waals surface area (Å²) < 4.78 is 10.6. The summed E-state index contributed by atoms with van der Waals surface area (Å²) in [4.78, 5) is 29.3. The summed E-state index contributed by atoms with van der Waals surface area (Å²) in [6.07, 6.45) is 1.46. The lowest BCUT2D eigenvalue weighted by Gasteiger charge is -2.40. The first-order valence-electron chi connectivity index (χ1n) is 9.23. The molecule has 2 aliphatic rings. The third-order valence-corrected chi connectivity index (χ3v) is 5.67. The van der Waals surface area contributed by atoms with Crippen molar-refractivity contribution in [1.82, 2.24) is 9.80 Å². The van der Waals surface area contributed by atoms with Crippen molar-refractivity contribution in [2.45, 2.75) is 26.7 Å². The van der Waals surface area contributed by atoms with Gasteiger partial charge < -0.3 is 25.0 Å². The summed E-state index contributed by atoms with van der Waals surface area (Å²) in [5, 5.41) is 0. The van der Waals surface area contributed by atoms with E-state index in [9.17, 15) is 9.59 Å². The Morgan fingerprint density at radius 2 is 1.65 bits per heavy atom. The zero-order valence-electron chi connectivity index (χ0n) is 15.5. The lowest BCUT2D eigenvalue weighted by molar-refractivity contribution is -0.143. The quantitative estimate of drug-likeness (QED) is 0.858. The van der Waals surface area contributed by atoms with E-state index in [1.807, 2.05) is 18.7 Å². The van der Waals surface area contributed by atoms with E-state index >= 15 is 0 Å². The van der Waals surface area contributed by atoms with Gasteiger partial charge in [-0.05, 0) is 31.0 Å². The molecule has 7 nitrogen and oxygen atoms in total. The highest BCUT2D eigenvalue weighted by Gasteiger charge is 2.38. The number of hydrogen-bond donors (Lipinski definition) is 1. The van der Waals surface area contributed by atoms with Crippen molar-refractivity contribution in [3.05, 3.63) is 23.8 Å². The lowest BCUT2D eigenvalue weighted by Crippen LogP contribution is -2.55. The van der Waals surface area contributed by atoms with Crippen LogP contribution < -0.4 is 15.2 Å². The van der Waals surface area contributed by atoms with Gasteiger partial charge in [0.15, 0.2) is 11.5 Å². The molecule has 0 bridgehead atoms. The Morgan fingerprint density at radius 1 is 1.04 bits per heavy atom. The summed E-state index contributed by atoms with van der Waals surface area (Å²) in [5.41, 5.74) is 5.99. The molecule has 0 aliphatic carbocycles. The van der Waals surface area contributed by atoms with Gasteiger partial charge in [-0.15, -0.1) is 0 Å². The first-order chi connectivity index (χ1) is 12.5. The summed E-state index contributed by atoms with van der Waals surface area (Å²) in [7, 11) is 0. The number of carbonyl (C=O) groups is 2. The number of carbonyl (C=O) groups excluding carboxylic acids is 2. The summed E-state index contributed by atoms with van der Waals surface area (Å²) in [6, 6.07) is 5.23. The third kappa shape index (κ3) is 3.23. The van der Waals surface area contributed by atoms with Gasteiger partial charge in [0, 0.05) is 38.3 Å². The van der Waals surface area contributed by atoms with E-state index in [1.54, 1.807) is 23.1 Å². The van der Waals surface area contributed by atoms with Crippen molar-refractivity contribution in [1.29, 1.82) is 0 Å². The number of amides is 2. The molecule has 142 valence electrons. The van der Waals surface area contributed by atoms with E-state index in [4.69, 9.17) is 15.2 Å². The van der Waals surface area contributed by atoms with Crippen molar-refractivity contribution in [3.63, 3.8) is 0 Å². The fourth-order valence-electron chi connectivity index (χ4n) is 3.59. The van der Waals surface area contributed by atoms with Crippen LogP contribution >= 0.6 is 0 Å². The topological polar surface area (TPSA) is 85.1 Å². The van der Waals surface area contributed by atoms with Gasteiger partial charge in [0.2, 0.25) is 12.7 Å². The fraction of sp³-hybridized carbons (Fsp3) is 0.579. The maximum absolute atomic E-state index is 12.9. The molecule has 1 fully saturated rings. The van der Waals surface area contributed by atoms with Gasteiger partial charge in [-0.3, -0.25) is 9.59 Å². The number of nitrogens with zero attached hydrogens (tertiary/aromatic N) is 2. The third-order valence-electron chi connectivity index (χ3n) is 5.67. The highest BCUT2D eigenvalue weighted by atomic mass is 16.7. The van der Waals surface area contributed by atoms with Crippen molar-refractivity contribution in [2.75, 3.05) is 39.5 Å². The van der Waals surface area contributed by atoms with E-state index in [-0.39, 0.29) is 18.6 Å². The maximum atomic E-state index is 12.9. The molecule has 3 rings (SSSR count). The smallest absolute Gasteiger partial charge is 0.254 e. The fourth-order valence-corrected chi connectivity index (χ4v) is 3.59. The number of ether oxygens (including phenoxy) is 2. The van der Waals surface area contributed by atoms with Gasteiger partial charge in [0.25, 0.3) is 5.91 Å². The highest BCUT2D eigenvalue weighted by molar-refractivity contribution is 5.95. The molecular formula is C19H27N3O4. The number of piperazine rings is 1. The van der Waals surface area contributed by atoms with Crippen LogP contribution in [0, 0.1) is 5.41 Å². The molecular weight excluding hydrogens is 334 g/mol. The van der Waals surface area contributed by atoms with Crippen molar-refractivity contribution < 1.29 is 19.1 Å². The molecule has 0 atom stereocenters. The first kappa shape index (κ1) is 18.5. The molecule has 26 heavy (non-hydrogen) atoms. The molecule has 2 N–H and O–H groups in total. The molecule has 2 heterocycles. The second kappa shape index (κ2) is 7.53. The van der Waals surface area contributed by atoms with Crippen molar-refractivity contribution in [3.8, 4) is 11.5 Å². The maximum Gasteiger partial charge on any atom is 0.254 e.